The molecule has 0 rings (SSSR count). The lowest BCUT2D eigenvalue weighted by atomic mass is 10.9. The first-order valence-electron chi connectivity index (χ1n) is 2.32. The first-order chi connectivity index (χ1) is 4.36. The molecule has 0 N–H and O–H groups in total. The van der Waals surface area contributed by atoms with Crippen LogP contribution in [0.25, 0.3) is 0 Å². The lowest BCUT2D eigenvalue weighted by Gasteiger charge is -1.95. The number of carbonyl (C=O) groups excluding carboxylic acids is 2. The highest BCUT2D eigenvalue weighted by Gasteiger charge is 2.19. The minimum atomic E-state index is -4.29. The molecule has 0 amide bonds. The van der Waals surface area contributed by atoms with E-state index in [1.54, 1.807) is 0 Å². The number of rotatable bonds is 0. The van der Waals surface area contributed by atoms with Crippen LogP contribution in [-0.2, 0) is 23.9 Å². The Morgan fingerprint density at radius 2 is 1.60 bits per heavy atom. The molecule has 0 heterocycles. The molecule has 0 aliphatic carbocycles. The van der Waals surface area contributed by atoms with Gasteiger partial charge in [0.25, 0.3) is 5.12 Å². The second-order valence-electron chi connectivity index (χ2n) is 1.52. The molecule has 0 atom stereocenters. The molecule has 10 heavy (non-hydrogen) atoms. The molecule has 0 saturated heterocycles. The molecule has 0 unspecified atom stereocenters. The number of carbonyl (C=O) groups is 2. The van der Waals surface area contributed by atoms with Crippen LogP contribution in [0.2, 0.25) is 0 Å². The summed E-state index contributed by atoms with van der Waals surface area (Å²) in [6.07, 6.45) is 0. The molecule has 0 saturated carbocycles. The van der Waals surface area contributed by atoms with Gasteiger partial charge < -0.3 is 4.18 Å². The Labute approximate surface area is 58.1 Å². The van der Waals surface area contributed by atoms with Crippen LogP contribution in [0.15, 0.2) is 0 Å². The van der Waals surface area contributed by atoms with Crippen molar-refractivity contribution in [3.8, 4) is 0 Å². The summed E-state index contributed by atoms with van der Waals surface area (Å²) >= 11 is 0. The van der Waals surface area contributed by atoms with E-state index in [-0.39, 0.29) is 0 Å². The van der Waals surface area contributed by atoms with Gasteiger partial charge in [0.2, 0.25) is 0 Å². The van der Waals surface area contributed by atoms with Gasteiger partial charge in [-0.05, 0) is 0 Å². The Morgan fingerprint density at radius 3 is 1.70 bits per heavy atom. The van der Waals surface area contributed by atoms with Gasteiger partial charge in [0, 0.05) is 13.8 Å². The fourth-order valence-electron chi connectivity index (χ4n) is 0.213. The van der Waals surface area contributed by atoms with Gasteiger partial charge in [-0.1, -0.05) is 0 Å². The Morgan fingerprint density at radius 1 is 1.20 bits per heavy atom. The quantitative estimate of drug-likeness (QED) is 0.450. The largest absolute Gasteiger partial charge is 0.375 e. The van der Waals surface area contributed by atoms with Crippen molar-refractivity contribution in [1.82, 2.24) is 0 Å². The van der Waals surface area contributed by atoms with E-state index >= 15 is 0 Å². The van der Waals surface area contributed by atoms with Crippen LogP contribution in [-0.4, -0.2) is 19.5 Å². The van der Waals surface area contributed by atoms with E-state index in [9.17, 15) is 18.0 Å². The van der Waals surface area contributed by atoms with Gasteiger partial charge in [-0.15, -0.1) is 0 Å². The van der Waals surface area contributed by atoms with Gasteiger partial charge >= 0.3 is 16.1 Å². The van der Waals surface area contributed by atoms with Gasteiger partial charge in [0.1, 0.15) is 0 Å². The van der Waals surface area contributed by atoms with Gasteiger partial charge in [-0.25, -0.2) is 0 Å². The first kappa shape index (κ1) is 9.09. The van der Waals surface area contributed by atoms with Crippen molar-refractivity contribution >= 4 is 21.2 Å². The summed E-state index contributed by atoms with van der Waals surface area (Å²) in [6.45, 7) is 1.71. The summed E-state index contributed by atoms with van der Waals surface area (Å²) in [5.74, 6) is -1.02. The third-order valence-corrected chi connectivity index (χ3v) is 1.74. The lowest BCUT2D eigenvalue weighted by Crippen LogP contribution is -2.16. The molecule has 0 aromatic rings. The van der Waals surface area contributed by atoms with E-state index in [1.165, 1.54) is 0 Å². The summed E-state index contributed by atoms with van der Waals surface area (Å²) in [7, 11) is -4.29. The monoisotopic (exact) mass is 166 g/mol. The predicted molar refractivity (Wildman–Crippen MR) is 31.4 cm³/mol. The van der Waals surface area contributed by atoms with Crippen LogP contribution < -0.4 is 0 Å². The molecule has 0 fully saturated rings. The second kappa shape index (κ2) is 2.78. The van der Waals surface area contributed by atoms with Crippen LogP contribution in [0.1, 0.15) is 13.8 Å². The third-order valence-electron chi connectivity index (χ3n) is 0.579. The molecular formula is C4H6O5S. The van der Waals surface area contributed by atoms with Crippen molar-refractivity contribution in [2.24, 2.45) is 0 Å². The summed E-state index contributed by atoms with van der Waals surface area (Å²) < 4.78 is 24.4. The van der Waals surface area contributed by atoms with Gasteiger partial charge in [0.05, 0.1) is 0 Å². The Hall–Kier alpha value is -0.910. The zero-order chi connectivity index (χ0) is 8.36. The van der Waals surface area contributed by atoms with Crippen LogP contribution in [0.4, 0.5) is 0 Å². The maximum Gasteiger partial charge on any atom is 0.375 e. The van der Waals surface area contributed by atoms with E-state index in [4.69, 9.17) is 0 Å². The standard InChI is InChI=1S/C4H6O5S/c1-3(5)9-10(7,8)4(2)6/h1-2H3. The molecule has 6 heteroatoms. The second-order valence-corrected chi connectivity index (χ2v) is 3.17. The van der Waals surface area contributed by atoms with E-state index < -0.39 is 21.2 Å². The average Bonchev–Trinajstić information content (AvgIpc) is 1.60. The summed E-state index contributed by atoms with van der Waals surface area (Å²) in [4.78, 5) is 20.1. The van der Waals surface area contributed by atoms with E-state index in [0.717, 1.165) is 13.8 Å². The molecule has 0 spiro atoms. The van der Waals surface area contributed by atoms with Crippen molar-refractivity contribution in [1.29, 1.82) is 0 Å². The first-order valence-corrected chi connectivity index (χ1v) is 3.72. The predicted octanol–water partition coefficient (Wildman–Crippen LogP) is -0.574. The van der Waals surface area contributed by atoms with Crippen molar-refractivity contribution in [3.63, 3.8) is 0 Å². The molecule has 0 aromatic heterocycles. The fraction of sp³-hybridized carbons (Fsp3) is 0.500. The summed E-state index contributed by atoms with van der Waals surface area (Å²) in [5.41, 5.74) is 0. The molecule has 5 nitrogen and oxygen atoms in total. The van der Waals surface area contributed by atoms with Crippen molar-refractivity contribution in [2.45, 2.75) is 13.8 Å². The normalized spacial score (nSPS) is 10.6. The van der Waals surface area contributed by atoms with Gasteiger partial charge in [-0.3, -0.25) is 9.59 Å². The Bertz CT molecular complexity index is 249. The smallest absolute Gasteiger partial charge is 0.341 e. The fourth-order valence-corrected chi connectivity index (χ4v) is 0.640. The minimum absolute atomic E-state index is 0.804. The molecule has 0 radical (unpaired) electrons. The highest BCUT2D eigenvalue weighted by Crippen LogP contribution is 1.93. The van der Waals surface area contributed by atoms with Crippen molar-refractivity contribution < 1.29 is 22.2 Å². The molecule has 0 bridgehead atoms. The van der Waals surface area contributed by atoms with Crippen LogP contribution >= 0.6 is 0 Å². The van der Waals surface area contributed by atoms with E-state index in [0.29, 0.717) is 0 Å². The highest BCUT2D eigenvalue weighted by molar-refractivity contribution is 8.02. The molecular weight excluding hydrogens is 160 g/mol. The third kappa shape index (κ3) is 2.58. The maximum atomic E-state index is 10.3. The van der Waals surface area contributed by atoms with Gasteiger partial charge in [0.15, 0.2) is 0 Å². The average molecular weight is 166 g/mol. The summed E-state index contributed by atoms with van der Waals surface area (Å²) in [6, 6.07) is 0. The zero-order valence-corrected chi connectivity index (χ0v) is 6.27. The Kier molecular flexibility index (Phi) is 2.53. The van der Waals surface area contributed by atoms with Crippen LogP contribution in [0, 0.1) is 0 Å². The lowest BCUT2D eigenvalue weighted by molar-refractivity contribution is -0.132. The van der Waals surface area contributed by atoms with E-state index in [1.807, 2.05) is 0 Å². The van der Waals surface area contributed by atoms with Crippen molar-refractivity contribution in [3.05, 3.63) is 0 Å². The SMILES string of the molecule is CC(=O)OS(=O)(=O)C(C)=O. The maximum absolute atomic E-state index is 10.3. The highest BCUT2D eigenvalue weighted by atomic mass is 32.2. The molecule has 58 valence electrons. The number of hydrogen-bond acceptors (Lipinski definition) is 5. The van der Waals surface area contributed by atoms with Crippen molar-refractivity contribution in [2.75, 3.05) is 0 Å². The van der Waals surface area contributed by atoms with Crippen LogP contribution in [0.3, 0.4) is 0 Å². The van der Waals surface area contributed by atoms with E-state index in [2.05, 4.69) is 4.18 Å². The minimum Gasteiger partial charge on any atom is -0.341 e. The zero-order valence-electron chi connectivity index (χ0n) is 5.45. The molecule has 0 aliphatic heterocycles. The Balaban J connectivity index is 4.46. The summed E-state index contributed by atoms with van der Waals surface area (Å²) in [5, 5.41) is -1.18. The molecule has 0 aliphatic rings. The topological polar surface area (TPSA) is 77.5 Å². The number of hydrogen-bond donors (Lipinski definition) is 0. The molecule has 0 aromatic carbocycles. The van der Waals surface area contributed by atoms with Gasteiger partial charge in [-0.2, -0.15) is 8.42 Å². The van der Waals surface area contributed by atoms with Crippen LogP contribution in [0.5, 0.6) is 0 Å².